The Morgan fingerprint density at radius 3 is 2.45 bits per heavy atom. The summed E-state index contributed by atoms with van der Waals surface area (Å²) in [5.41, 5.74) is -0.309. The molecule has 2 aromatic heterocycles. The monoisotopic (exact) mass is 926 g/mol. The minimum atomic E-state index is -4.03. The number of sulfonamides is 1. The van der Waals surface area contributed by atoms with Crippen molar-refractivity contribution in [1.29, 1.82) is 0 Å². The highest BCUT2D eigenvalue weighted by molar-refractivity contribution is 7.91. The zero-order valence-electron chi connectivity index (χ0n) is 38.6. The van der Waals surface area contributed by atoms with E-state index in [2.05, 4.69) is 27.3 Å². The van der Waals surface area contributed by atoms with Gasteiger partial charge in [0.1, 0.15) is 35.6 Å². The zero-order chi connectivity index (χ0) is 46.7. The molecule has 4 saturated carbocycles. The summed E-state index contributed by atoms with van der Waals surface area (Å²) in [6, 6.07) is 8.82. The van der Waals surface area contributed by atoms with Crippen LogP contribution in [0.4, 0.5) is 4.79 Å². The van der Waals surface area contributed by atoms with Crippen LogP contribution >= 0.6 is 0 Å². The molecular formula is C49H62N6O10S. The number of nitrogens with zero attached hydrogens (tertiary/aromatic N) is 3. The molecule has 16 nitrogen and oxygen atoms in total. The van der Waals surface area contributed by atoms with Crippen LogP contribution in [0.3, 0.4) is 0 Å². The predicted octanol–water partition coefficient (Wildman–Crippen LogP) is 6.22. The number of carbonyl (C=O) groups excluding carboxylic acids is 4. The molecule has 1 saturated heterocycles. The molecule has 66 heavy (non-hydrogen) atoms. The lowest BCUT2D eigenvalue weighted by Crippen LogP contribution is -2.59. The molecule has 0 radical (unpaired) electrons. The number of fused-ring (bicyclic) bond motifs is 4. The van der Waals surface area contributed by atoms with Gasteiger partial charge in [-0.05, 0) is 138 Å². The number of benzene rings is 1. The fourth-order valence-corrected chi connectivity index (χ4v) is 11.5. The predicted molar refractivity (Wildman–Crippen MR) is 245 cm³/mol. The number of ether oxygens (including phenoxy) is 4. The van der Waals surface area contributed by atoms with Gasteiger partial charge >= 0.3 is 6.09 Å². The number of nitrogens with one attached hydrogen (secondary N) is 3. The van der Waals surface area contributed by atoms with Crippen LogP contribution in [0.2, 0.25) is 0 Å². The first-order valence-corrected chi connectivity index (χ1v) is 25.0. The van der Waals surface area contributed by atoms with Crippen molar-refractivity contribution in [1.82, 2.24) is 30.2 Å². The molecule has 4 amide bonds. The van der Waals surface area contributed by atoms with Crippen LogP contribution in [0.15, 0.2) is 54.7 Å². The molecule has 4 heterocycles. The lowest BCUT2D eigenvalue weighted by Gasteiger charge is -2.33. The summed E-state index contributed by atoms with van der Waals surface area (Å²) < 4.78 is 52.0. The Morgan fingerprint density at radius 2 is 1.76 bits per heavy atom. The summed E-state index contributed by atoms with van der Waals surface area (Å²) in [6.07, 6.45) is 9.68. The van der Waals surface area contributed by atoms with Gasteiger partial charge in [0.05, 0.1) is 30.2 Å². The third-order valence-corrected chi connectivity index (χ3v) is 16.8. The maximum Gasteiger partial charge on any atom is 0.408 e. The van der Waals surface area contributed by atoms with Crippen molar-refractivity contribution in [3.05, 3.63) is 54.7 Å². The summed E-state index contributed by atoms with van der Waals surface area (Å²) in [4.78, 5) is 68.7. The Balaban J connectivity index is 1.05. The normalized spacial score (nSPS) is 31.8. The molecular weight excluding hydrogens is 865 g/mol. The fourth-order valence-electron chi connectivity index (χ4n) is 10.2. The third kappa shape index (κ3) is 9.41. The van der Waals surface area contributed by atoms with Gasteiger partial charge < -0.3 is 34.5 Å². The van der Waals surface area contributed by atoms with E-state index in [-0.39, 0.29) is 49.3 Å². The van der Waals surface area contributed by atoms with E-state index in [4.69, 9.17) is 23.9 Å². The number of alkyl carbamates (subject to hydrolysis) is 1. The van der Waals surface area contributed by atoms with Crippen molar-refractivity contribution in [3.8, 4) is 28.8 Å². The summed E-state index contributed by atoms with van der Waals surface area (Å²) in [6.45, 7) is 9.42. The van der Waals surface area contributed by atoms with Gasteiger partial charge in [0, 0.05) is 35.6 Å². The van der Waals surface area contributed by atoms with E-state index in [0.29, 0.717) is 65.8 Å². The van der Waals surface area contributed by atoms with Crippen LogP contribution < -0.4 is 29.6 Å². The SMILES string of the molecule is COc1ccc2c(O[C@@H]3C[C@H]4C(=O)N[C@]5(C(=O)NS(=O)(=O)C6(C)CC6)C[C@H]5/C=C\CC[C@H](C)C[C@@H](C)[C@H](NC(=O)O[C@@H]5C[C@@H]6C[C@@H]6C5)C(=O)N4C3)nc(-c3ccc(OC(C)C)nc3)cc2c1. The van der Waals surface area contributed by atoms with Crippen molar-refractivity contribution in [2.45, 2.75) is 140 Å². The van der Waals surface area contributed by atoms with Gasteiger partial charge in [-0.2, -0.15) is 0 Å². The topological polar surface area (TPSA) is 204 Å². The number of rotatable bonds is 11. The highest BCUT2D eigenvalue weighted by Gasteiger charge is 2.63. The standard InChI is InChI=1S/C49H62N6O10S/c1-27(2)63-41-14-11-30(25-50-41)39-22-33-21-35(62-6)12-13-38(33)44(51-39)64-37-23-40-43(56)53-49(46(58)54-66(60,61)48(5)15-16-48)24-34(49)10-8-7-9-28(3)17-29(4)42(45(57)55(40)26-37)52-47(59)65-36-19-31-18-32(31)20-36/h8,10-14,21-22,25,27-29,31-32,34,36-37,40,42H,7,9,15-20,23-24,26H2,1-6H3,(H,52,59)(H,53,56)(H,54,58)/b10-8-/t28-,29+,31-,32+,34+,36+,37+,40-,42-,49+/m0/s1. The average molecular weight is 927 g/mol. The molecule has 0 bridgehead atoms. The fraction of sp³-hybridized carbons (Fsp3) is 0.592. The Morgan fingerprint density at radius 1 is 0.985 bits per heavy atom. The first kappa shape index (κ1) is 45.7. The minimum absolute atomic E-state index is 0.00526. The first-order valence-electron chi connectivity index (χ1n) is 23.6. The van der Waals surface area contributed by atoms with Crippen molar-refractivity contribution in [2.24, 2.45) is 29.6 Å². The second-order valence-electron chi connectivity index (χ2n) is 20.3. The number of allylic oxidation sites excluding steroid dienone is 1. The molecule has 17 heteroatoms. The molecule has 9 rings (SSSR count). The number of hydrogen-bond donors (Lipinski definition) is 3. The largest absolute Gasteiger partial charge is 0.497 e. The van der Waals surface area contributed by atoms with Gasteiger partial charge in [0.2, 0.25) is 33.6 Å². The van der Waals surface area contributed by atoms with Crippen molar-refractivity contribution in [3.63, 3.8) is 0 Å². The van der Waals surface area contributed by atoms with Gasteiger partial charge in [-0.15, -0.1) is 0 Å². The number of aromatic nitrogens is 2. The van der Waals surface area contributed by atoms with E-state index in [0.717, 1.165) is 31.1 Å². The van der Waals surface area contributed by atoms with Gasteiger partial charge in [0.15, 0.2) is 0 Å². The molecule has 2 aliphatic heterocycles. The second-order valence-corrected chi connectivity index (χ2v) is 22.5. The smallest absolute Gasteiger partial charge is 0.408 e. The highest BCUT2D eigenvalue weighted by atomic mass is 32.2. The van der Waals surface area contributed by atoms with E-state index in [9.17, 15) is 22.8 Å². The number of amides is 4. The van der Waals surface area contributed by atoms with Crippen LogP contribution in [0.5, 0.6) is 17.5 Å². The maximum absolute atomic E-state index is 15.2. The average Bonchev–Trinajstić information content (AvgIpc) is 4.23. The minimum Gasteiger partial charge on any atom is -0.497 e. The Kier molecular flexibility index (Phi) is 12.2. The van der Waals surface area contributed by atoms with Crippen LogP contribution in [0.25, 0.3) is 22.0 Å². The first-order chi connectivity index (χ1) is 31.4. The van der Waals surface area contributed by atoms with Crippen LogP contribution in [-0.4, -0.2) is 101 Å². The van der Waals surface area contributed by atoms with Gasteiger partial charge in [-0.3, -0.25) is 19.1 Å². The second kappa shape index (κ2) is 17.6. The van der Waals surface area contributed by atoms with Crippen molar-refractivity contribution in [2.75, 3.05) is 13.7 Å². The number of hydrogen-bond acceptors (Lipinski definition) is 12. The quantitative estimate of drug-likeness (QED) is 0.184. The molecule has 6 aliphatic rings. The van der Waals surface area contributed by atoms with Crippen molar-refractivity contribution < 1.29 is 46.5 Å². The molecule has 0 spiro atoms. The Bertz CT molecular complexity index is 2520. The van der Waals surface area contributed by atoms with Crippen LogP contribution in [0, 0.1) is 29.6 Å². The molecule has 3 aromatic rings. The van der Waals surface area contributed by atoms with E-state index in [1.165, 1.54) is 4.90 Å². The molecule has 5 fully saturated rings. The Labute approximate surface area is 386 Å². The number of pyridine rings is 2. The molecule has 3 N–H and O–H groups in total. The highest BCUT2D eigenvalue weighted by Crippen LogP contribution is 2.53. The van der Waals surface area contributed by atoms with E-state index in [1.807, 2.05) is 57.2 Å². The van der Waals surface area contributed by atoms with E-state index < -0.39 is 68.2 Å². The summed E-state index contributed by atoms with van der Waals surface area (Å²) in [5, 5.41) is 7.31. The number of methoxy groups -OCH3 is 1. The molecule has 10 atom stereocenters. The lowest BCUT2D eigenvalue weighted by atomic mass is 9.88. The van der Waals surface area contributed by atoms with E-state index in [1.54, 1.807) is 32.4 Å². The molecule has 354 valence electrons. The van der Waals surface area contributed by atoms with Crippen molar-refractivity contribution >= 4 is 44.6 Å². The summed E-state index contributed by atoms with van der Waals surface area (Å²) in [7, 11) is -2.45. The van der Waals surface area contributed by atoms with Crippen LogP contribution in [-0.2, 0) is 29.1 Å². The van der Waals surface area contributed by atoms with Gasteiger partial charge in [-0.1, -0.05) is 26.0 Å². The summed E-state index contributed by atoms with van der Waals surface area (Å²) >= 11 is 0. The lowest BCUT2D eigenvalue weighted by molar-refractivity contribution is -0.142. The van der Waals surface area contributed by atoms with Gasteiger partial charge in [-0.25, -0.2) is 23.2 Å². The third-order valence-electron chi connectivity index (χ3n) is 14.7. The number of carbonyl (C=O) groups is 4. The Hall–Kier alpha value is -5.45. The molecule has 0 unspecified atom stereocenters. The molecule has 4 aliphatic carbocycles. The van der Waals surface area contributed by atoms with E-state index >= 15 is 4.79 Å². The maximum atomic E-state index is 15.2. The molecule has 1 aromatic carbocycles. The van der Waals surface area contributed by atoms with Gasteiger partial charge in [0.25, 0.3) is 5.91 Å². The zero-order valence-corrected chi connectivity index (χ0v) is 39.4. The summed E-state index contributed by atoms with van der Waals surface area (Å²) in [5.74, 6) is -0.0862. The van der Waals surface area contributed by atoms with Crippen LogP contribution in [0.1, 0.15) is 98.8 Å².